The molecule has 1 aromatic carbocycles. The molecule has 114 valence electrons. The Morgan fingerprint density at radius 2 is 1.71 bits per heavy atom. The van der Waals surface area contributed by atoms with Gasteiger partial charge in [-0.1, -0.05) is 27.7 Å². The molecule has 2 aromatic rings. The molecule has 4 heteroatoms. The zero-order valence-electron chi connectivity index (χ0n) is 13.6. The van der Waals surface area contributed by atoms with Gasteiger partial charge in [-0.25, -0.2) is 9.97 Å². The minimum absolute atomic E-state index is 0.590. The third kappa shape index (κ3) is 3.84. The maximum absolute atomic E-state index is 5.28. The van der Waals surface area contributed by atoms with E-state index in [1.807, 2.05) is 12.1 Å². The van der Waals surface area contributed by atoms with Crippen LogP contribution in [0.25, 0.3) is 10.9 Å². The van der Waals surface area contributed by atoms with Gasteiger partial charge in [-0.05, 0) is 24.0 Å². The molecular weight excluding hydrogens is 262 g/mol. The molecule has 0 bridgehead atoms. The molecule has 0 aliphatic carbocycles. The standard InChI is InChI=1S/C17H25N3O/c1-12(2)9-20(10-13(3)4)17-15-7-6-14(21-5)8-16(15)18-11-19-17/h6-8,11-13H,9-10H2,1-5H3. The molecule has 0 N–H and O–H groups in total. The Morgan fingerprint density at radius 1 is 1.05 bits per heavy atom. The van der Waals surface area contributed by atoms with E-state index < -0.39 is 0 Å². The predicted octanol–water partition coefficient (Wildman–Crippen LogP) is 3.76. The molecule has 0 fully saturated rings. The predicted molar refractivity (Wildman–Crippen MR) is 88.0 cm³/mol. The highest BCUT2D eigenvalue weighted by Gasteiger charge is 2.15. The monoisotopic (exact) mass is 287 g/mol. The molecule has 4 nitrogen and oxygen atoms in total. The SMILES string of the molecule is COc1ccc2c(N(CC(C)C)CC(C)C)ncnc2c1. The van der Waals surface area contributed by atoms with Crippen molar-refractivity contribution < 1.29 is 4.74 Å². The number of hydrogen-bond donors (Lipinski definition) is 0. The Labute approximate surface area is 127 Å². The molecule has 1 aromatic heterocycles. The fourth-order valence-corrected chi connectivity index (χ4v) is 2.53. The topological polar surface area (TPSA) is 38.2 Å². The highest BCUT2D eigenvalue weighted by atomic mass is 16.5. The quantitative estimate of drug-likeness (QED) is 0.811. The van der Waals surface area contributed by atoms with E-state index in [1.165, 1.54) is 0 Å². The zero-order valence-corrected chi connectivity index (χ0v) is 13.6. The molecule has 0 spiro atoms. The van der Waals surface area contributed by atoms with Gasteiger partial charge in [0.25, 0.3) is 0 Å². The summed E-state index contributed by atoms with van der Waals surface area (Å²) in [6, 6.07) is 5.98. The second-order valence-corrected chi connectivity index (χ2v) is 6.27. The van der Waals surface area contributed by atoms with Crippen LogP contribution in [0.5, 0.6) is 5.75 Å². The van der Waals surface area contributed by atoms with Crippen molar-refractivity contribution in [3.05, 3.63) is 24.5 Å². The summed E-state index contributed by atoms with van der Waals surface area (Å²) < 4.78 is 5.28. The molecule has 0 atom stereocenters. The fourth-order valence-electron chi connectivity index (χ4n) is 2.53. The first-order valence-electron chi connectivity index (χ1n) is 7.55. The Hall–Kier alpha value is -1.84. The number of aromatic nitrogens is 2. The van der Waals surface area contributed by atoms with E-state index in [0.717, 1.165) is 35.6 Å². The van der Waals surface area contributed by atoms with Gasteiger partial charge < -0.3 is 9.64 Å². The number of rotatable bonds is 6. The van der Waals surface area contributed by atoms with Crippen LogP contribution in [0.2, 0.25) is 0 Å². The van der Waals surface area contributed by atoms with Gasteiger partial charge in [0.05, 0.1) is 12.6 Å². The molecule has 0 amide bonds. The first-order valence-corrected chi connectivity index (χ1v) is 7.55. The van der Waals surface area contributed by atoms with Crippen LogP contribution < -0.4 is 9.64 Å². The molecule has 2 rings (SSSR count). The van der Waals surface area contributed by atoms with Gasteiger partial charge >= 0.3 is 0 Å². The molecule has 0 radical (unpaired) electrons. The maximum atomic E-state index is 5.28. The van der Waals surface area contributed by atoms with Crippen LogP contribution in [0.3, 0.4) is 0 Å². The van der Waals surface area contributed by atoms with Crippen molar-refractivity contribution in [2.45, 2.75) is 27.7 Å². The highest BCUT2D eigenvalue weighted by molar-refractivity contribution is 5.90. The number of anilines is 1. The molecule has 0 aliphatic rings. The molecule has 0 unspecified atom stereocenters. The lowest BCUT2D eigenvalue weighted by Crippen LogP contribution is -2.32. The number of methoxy groups -OCH3 is 1. The summed E-state index contributed by atoms with van der Waals surface area (Å²) in [4.78, 5) is 11.3. The second-order valence-electron chi connectivity index (χ2n) is 6.27. The molecule has 0 saturated carbocycles. The van der Waals surface area contributed by atoms with Crippen molar-refractivity contribution in [3.63, 3.8) is 0 Å². The average Bonchev–Trinajstić information content (AvgIpc) is 2.44. The average molecular weight is 287 g/mol. The van der Waals surface area contributed by atoms with Crippen molar-refractivity contribution >= 4 is 16.7 Å². The van der Waals surface area contributed by atoms with Crippen LogP contribution in [0.15, 0.2) is 24.5 Å². The van der Waals surface area contributed by atoms with Crippen LogP contribution in [0.4, 0.5) is 5.82 Å². The van der Waals surface area contributed by atoms with Gasteiger partial charge in [-0.15, -0.1) is 0 Å². The van der Waals surface area contributed by atoms with E-state index in [-0.39, 0.29) is 0 Å². The number of benzene rings is 1. The van der Waals surface area contributed by atoms with Crippen LogP contribution in [-0.4, -0.2) is 30.2 Å². The van der Waals surface area contributed by atoms with Gasteiger partial charge in [0.2, 0.25) is 0 Å². The van der Waals surface area contributed by atoms with Gasteiger partial charge in [0.1, 0.15) is 17.9 Å². The number of fused-ring (bicyclic) bond motifs is 1. The number of hydrogen-bond acceptors (Lipinski definition) is 4. The van der Waals surface area contributed by atoms with Crippen LogP contribution in [0.1, 0.15) is 27.7 Å². The third-order valence-corrected chi connectivity index (χ3v) is 3.29. The number of nitrogens with zero attached hydrogens (tertiary/aromatic N) is 3. The van der Waals surface area contributed by atoms with E-state index in [0.29, 0.717) is 11.8 Å². The van der Waals surface area contributed by atoms with Crippen LogP contribution >= 0.6 is 0 Å². The third-order valence-electron chi connectivity index (χ3n) is 3.29. The lowest BCUT2D eigenvalue weighted by Gasteiger charge is -2.28. The van der Waals surface area contributed by atoms with Crippen molar-refractivity contribution in [1.82, 2.24) is 9.97 Å². The van der Waals surface area contributed by atoms with Crippen LogP contribution in [-0.2, 0) is 0 Å². The fraction of sp³-hybridized carbons (Fsp3) is 0.529. The van der Waals surface area contributed by atoms with Gasteiger partial charge in [-0.3, -0.25) is 0 Å². The molecular formula is C17H25N3O. The lowest BCUT2D eigenvalue weighted by molar-refractivity contribution is 0.415. The van der Waals surface area contributed by atoms with E-state index in [1.54, 1.807) is 13.4 Å². The maximum Gasteiger partial charge on any atom is 0.139 e. The van der Waals surface area contributed by atoms with Crippen molar-refractivity contribution in [1.29, 1.82) is 0 Å². The summed E-state index contributed by atoms with van der Waals surface area (Å²) in [6.45, 7) is 10.9. The lowest BCUT2D eigenvalue weighted by atomic mass is 10.1. The molecule has 21 heavy (non-hydrogen) atoms. The van der Waals surface area contributed by atoms with Crippen molar-refractivity contribution in [3.8, 4) is 5.75 Å². The van der Waals surface area contributed by atoms with E-state index >= 15 is 0 Å². The Morgan fingerprint density at radius 3 is 2.29 bits per heavy atom. The summed E-state index contributed by atoms with van der Waals surface area (Å²) >= 11 is 0. The van der Waals surface area contributed by atoms with Gasteiger partial charge in [0.15, 0.2) is 0 Å². The van der Waals surface area contributed by atoms with Gasteiger partial charge in [-0.2, -0.15) is 0 Å². The smallest absolute Gasteiger partial charge is 0.139 e. The summed E-state index contributed by atoms with van der Waals surface area (Å²) in [5.41, 5.74) is 0.928. The van der Waals surface area contributed by atoms with Gasteiger partial charge in [0, 0.05) is 24.5 Å². The summed E-state index contributed by atoms with van der Waals surface area (Å²) in [5, 5.41) is 1.08. The van der Waals surface area contributed by atoms with Crippen molar-refractivity contribution in [2.24, 2.45) is 11.8 Å². The van der Waals surface area contributed by atoms with Crippen molar-refractivity contribution in [2.75, 3.05) is 25.1 Å². The minimum Gasteiger partial charge on any atom is -0.497 e. The molecule has 1 heterocycles. The Kier molecular flexibility index (Phi) is 4.99. The summed E-state index contributed by atoms with van der Waals surface area (Å²) in [6.07, 6.45) is 1.64. The first kappa shape index (κ1) is 15.5. The zero-order chi connectivity index (χ0) is 15.4. The summed E-state index contributed by atoms with van der Waals surface area (Å²) in [5.74, 6) is 3.02. The molecule has 0 saturated heterocycles. The normalized spacial score (nSPS) is 11.4. The number of ether oxygens (including phenoxy) is 1. The first-order chi connectivity index (χ1) is 10.0. The van der Waals surface area contributed by atoms with E-state index in [4.69, 9.17) is 4.74 Å². The Balaban J connectivity index is 2.46. The van der Waals surface area contributed by atoms with E-state index in [9.17, 15) is 0 Å². The second kappa shape index (κ2) is 6.74. The van der Waals surface area contributed by atoms with E-state index in [2.05, 4.69) is 48.6 Å². The Bertz CT molecular complexity index is 586. The summed E-state index contributed by atoms with van der Waals surface area (Å²) in [7, 11) is 1.67. The highest BCUT2D eigenvalue weighted by Crippen LogP contribution is 2.27. The largest absolute Gasteiger partial charge is 0.497 e. The minimum atomic E-state index is 0.590. The molecule has 0 aliphatic heterocycles. The van der Waals surface area contributed by atoms with Crippen LogP contribution in [0, 0.1) is 11.8 Å².